The van der Waals surface area contributed by atoms with Crippen molar-refractivity contribution in [2.24, 2.45) is 0 Å². The van der Waals surface area contributed by atoms with Crippen LogP contribution in [-0.4, -0.2) is 14.5 Å². The minimum absolute atomic E-state index is 0.00481. The molecular formula is C47H39N3. The summed E-state index contributed by atoms with van der Waals surface area (Å²) in [4.78, 5) is 10.4. The molecule has 2 heterocycles. The SMILES string of the molecule is CC1(C)C2=Cc3c(c4ccccc4n3-c3ccc(-c4nc(C5=CC=C(C6=CC=CCC6)CC5)c5ccccc5n4)cc3)CC2c2ccccc21. The van der Waals surface area contributed by atoms with Crippen LogP contribution in [0.15, 0.2) is 144 Å². The van der Waals surface area contributed by atoms with Crippen LogP contribution in [0.1, 0.15) is 73.5 Å². The molecule has 10 rings (SSSR count). The number of rotatable bonds is 4. The maximum Gasteiger partial charge on any atom is 0.160 e. The van der Waals surface area contributed by atoms with Crippen molar-refractivity contribution in [1.82, 2.24) is 14.5 Å². The molecule has 2 aromatic heterocycles. The Morgan fingerprint density at radius 3 is 2.26 bits per heavy atom. The lowest BCUT2D eigenvalue weighted by molar-refractivity contribution is 0.613. The molecule has 6 aromatic rings. The third-order valence-corrected chi connectivity index (χ3v) is 11.7. The van der Waals surface area contributed by atoms with Crippen LogP contribution in [0, 0.1) is 0 Å². The molecular weight excluding hydrogens is 607 g/mol. The summed E-state index contributed by atoms with van der Waals surface area (Å²) in [5.74, 6) is 1.20. The van der Waals surface area contributed by atoms with E-state index in [4.69, 9.17) is 9.97 Å². The fourth-order valence-corrected chi connectivity index (χ4v) is 9.13. The highest BCUT2D eigenvalue weighted by molar-refractivity contribution is 5.93. The fourth-order valence-electron chi connectivity index (χ4n) is 9.13. The van der Waals surface area contributed by atoms with E-state index < -0.39 is 0 Å². The molecule has 0 saturated carbocycles. The molecule has 0 N–H and O–H groups in total. The summed E-state index contributed by atoms with van der Waals surface area (Å²) >= 11 is 0. The van der Waals surface area contributed by atoms with Crippen LogP contribution in [0.3, 0.4) is 0 Å². The molecule has 0 aliphatic heterocycles. The number of hydrogen-bond donors (Lipinski definition) is 0. The summed E-state index contributed by atoms with van der Waals surface area (Å²) in [7, 11) is 0. The van der Waals surface area contributed by atoms with E-state index in [1.54, 1.807) is 0 Å². The van der Waals surface area contributed by atoms with Crippen LogP contribution in [-0.2, 0) is 11.8 Å². The molecule has 0 bridgehead atoms. The first kappa shape index (κ1) is 29.4. The Morgan fingerprint density at radius 1 is 0.700 bits per heavy atom. The number of allylic oxidation sites excluding steroid dienone is 9. The van der Waals surface area contributed by atoms with Crippen molar-refractivity contribution in [3.8, 4) is 17.1 Å². The second kappa shape index (κ2) is 11.2. The summed E-state index contributed by atoms with van der Waals surface area (Å²) in [6, 6.07) is 35.3. The number of fused-ring (bicyclic) bond motifs is 7. The molecule has 1 unspecified atom stereocenters. The highest BCUT2D eigenvalue weighted by Crippen LogP contribution is 2.55. The monoisotopic (exact) mass is 645 g/mol. The van der Waals surface area contributed by atoms with E-state index >= 15 is 0 Å². The molecule has 4 aromatic carbocycles. The van der Waals surface area contributed by atoms with Crippen LogP contribution in [0.4, 0.5) is 0 Å². The number of aromatic nitrogens is 3. The molecule has 0 fully saturated rings. The van der Waals surface area contributed by atoms with Gasteiger partial charge in [-0.1, -0.05) is 110 Å². The van der Waals surface area contributed by atoms with Gasteiger partial charge in [0, 0.05) is 33.4 Å². The second-order valence-electron chi connectivity index (χ2n) is 14.8. The Kier molecular flexibility index (Phi) is 6.61. The first-order valence-corrected chi connectivity index (χ1v) is 18.1. The van der Waals surface area contributed by atoms with E-state index in [-0.39, 0.29) is 5.41 Å². The Balaban J connectivity index is 1.05. The summed E-state index contributed by atoms with van der Waals surface area (Å²) in [6.45, 7) is 4.79. The zero-order chi connectivity index (χ0) is 33.4. The first-order chi connectivity index (χ1) is 24.5. The van der Waals surface area contributed by atoms with E-state index in [0.29, 0.717) is 5.92 Å². The van der Waals surface area contributed by atoms with Crippen LogP contribution < -0.4 is 0 Å². The lowest BCUT2D eigenvalue weighted by Crippen LogP contribution is -2.19. The van der Waals surface area contributed by atoms with Crippen LogP contribution in [0.2, 0.25) is 0 Å². The van der Waals surface area contributed by atoms with E-state index in [1.165, 1.54) is 55.6 Å². The maximum atomic E-state index is 5.27. The third kappa shape index (κ3) is 4.49. The molecule has 3 heteroatoms. The minimum atomic E-state index is 0.00481. The largest absolute Gasteiger partial charge is 0.310 e. The third-order valence-electron chi connectivity index (χ3n) is 11.7. The van der Waals surface area contributed by atoms with Gasteiger partial charge in [0.05, 0.1) is 22.4 Å². The molecule has 0 spiro atoms. The Morgan fingerprint density at radius 2 is 1.44 bits per heavy atom. The Bertz CT molecular complexity index is 2530. The summed E-state index contributed by atoms with van der Waals surface area (Å²) in [5, 5.41) is 2.46. The van der Waals surface area contributed by atoms with Crippen LogP contribution >= 0.6 is 0 Å². The topological polar surface area (TPSA) is 30.7 Å². The van der Waals surface area contributed by atoms with E-state index in [2.05, 4.69) is 152 Å². The maximum absolute atomic E-state index is 5.27. The van der Waals surface area contributed by atoms with Gasteiger partial charge in [-0.25, -0.2) is 9.97 Å². The van der Waals surface area contributed by atoms with Crippen molar-refractivity contribution >= 4 is 33.5 Å². The number of para-hydroxylation sites is 2. The lowest BCUT2D eigenvalue weighted by Gasteiger charge is -2.28. The summed E-state index contributed by atoms with van der Waals surface area (Å²) in [6.07, 6.45) is 19.2. The molecule has 0 amide bonds. The predicted octanol–water partition coefficient (Wildman–Crippen LogP) is 11.6. The van der Waals surface area contributed by atoms with E-state index in [9.17, 15) is 0 Å². The van der Waals surface area contributed by atoms with Gasteiger partial charge in [0.2, 0.25) is 0 Å². The number of hydrogen-bond acceptors (Lipinski definition) is 2. The van der Waals surface area contributed by atoms with Gasteiger partial charge >= 0.3 is 0 Å². The van der Waals surface area contributed by atoms with Gasteiger partial charge in [0.1, 0.15) is 0 Å². The second-order valence-corrected chi connectivity index (χ2v) is 14.8. The molecule has 4 aliphatic rings. The van der Waals surface area contributed by atoms with Gasteiger partial charge in [-0.05, 0) is 108 Å². The fraction of sp³-hybridized carbons (Fsp3) is 0.191. The van der Waals surface area contributed by atoms with Crippen molar-refractivity contribution < 1.29 is 0 Å². The van der Waals surface area contributed by atoms with E-state index in [0.717, 1.165) is 65.8 Å². The molecule has 50 heavy (non-hydrogen) atoms. The normalized spacial score (nSPS) is 19.0. The average molecular weight is 646 g/mol. The average Bonchev–Trinajstić information content (AvgIpc) is 3.62. The van der Waals surface area contributed by atoms with E-state index in [1.807, 2.05) is 0 Å². The van der Waals surface area contributed by atoms with Crippen molar-refractivity contribution in [1.29, 1.82) is 0 Å². The first-order valence-electron chi connectivity index (χ1n) is 18.1. The standard InChI is InChI=1S/C47H39N3/c1-47(2)40-17-9-6-14-35(40)38-28-39-36-15-8-11-19-43(36)50(44(39)29-41(38)47)34-26-24-33(25-27-34)46-48-42-18-10-7-16-37(42)45(49-46)32-22-20-31(21-23-32)30-12-4-3-5-13-30/h3-4,6-12,14-20,22,24-27,29,38H,5,13,21,23,28H2,1-2H3. The Hall–Kier alpha value is -5.54. The molecule has 1 atom stereocenters. The Labute approximate surface area is 293 Å². The number of nitrogens with zero attached hydrogens (tertiary/aromatic N) is 3. The molecule has 242 valence electrons. The summed E-state index contributed by atoms with van der Waals surface area (Å²) in [5.41, 5.74) is 16.9. The smallest absolute Gasteiger partial charge is 0.160 e. The molecule has 4 aliphatic carbocycles. The highest BCUT2D eigenvalue weighted by Gasteiger charge is 2.44. The molecule has 0 saturated heterocycles. The summed E-state index contributed by atoms with van der Waals surface area (Å²) < 4.78 is 2.47. The zero-order valence-electron chi connectivity index (χ0n) is 28.7. The highest BCUT2D eigenvalue weighted by atomic mass is 15.0. The zero-order valence-corrected chi connectivity index (χ0v) is 28.7. The van der Waals surface area contributed by atoms with Crippen LogP contribution in [0.25, 0.3) is 50.5 Å². The van der Waals surface area contributed by atoms with Gasteiger partial charge < -0.3 is 4.57 Å². The van der Waals surface area contributed by atoms with Crippen molar-refractivity contribution in [2.45, 2.75) is 57.3 Å². The lowest BCUT2D eigenvalue weighted by atomic mass is 9.76. The van der Waals surface area contributed by atoms with Crippen molar-refractivity contribution in [2.75, 3.05) is 0 Å². The van der Waals surface area contributed by atoms with Gasteiger partial charge in [-0.2, -0.15) is 0 Å². The van der Waals surface area contributed by atoms with Crippen molar-refractivity contribution in [3.63, 3.8) is 0 Å². The quantitative estimate of drug-likeness (QED) is 0.191. The van der Waals surface area contributed by atoms with Crippen LogP contribution in [0.5, 0.6) is 0 Å². The number of benzene rings is 4. The van der Waals surface area contributed by atoms with Gasteiger partial charge in [-0.15, -0.1) is 0 Å². The molecule has 0 radical (unpaired) electrons. The van der Waals surface area contributed by atoms with Crippen molar-refractivity contribution in [3.05, 3.63) is 172 Å². The van der Waals surface area contributed by atoms with Gasteiger partial charge in [-0.3, -0.25) is 0 Å². The molecule has 3 nitrogen and oxygen atoms in total. The predicted molar refractivity (Wildman–Crippen MR) is 207 cm³/mol. The van der Waals surface area contributed by atoms with Gasteiger partial charge in [0.25, 0.3) is 0 Å². The minimum Gasteiger partial charge on any atom is -0.310 e. The van der Waals surface area contributed by atoms with Gasteiger partial charge in [0.15, 0.2) is 5.82 Å².